The smallest absolute Gasteiger partial charge is 0.407 e. The fourth-order valence-electron chi connectivity index (χ4n) is 5.04. The molecule has 3 amide bonds. The lowest BCUT2D eigenvalue weighted by Gasteiger charge is -2.24. The maximum atomic E-state index is 12.7. The topological polar surface area (TPSA) is 115 Å². The number of unbranched alkanes of at least 4 members (excludes halogenated alkanes) is 1. The number of alkyl carbamates (subject to hydrolysis) is 3. The number of ether oxygens (including phenoxy) is 3. The van der Waals surface area contributed by atoms with Crippen LogP contribution in [-0.4, -0.2) is 49.6 Å². The van der Waals surface area contributed by atoms with Gasteiger partial charge in [-0.15, -0.1) is 0 Å². The van der Waals surface area contributed by atoms with Gasteiger partial charge >= 0.3 is 18.3 Å². The minimum Gasteiger partial charge on any atom is -0.449 e. The van der Waals surface area contributed by atoms with Gasteiger partial charge in [-0.1, -0.05) is 78.9 Å². The van der Waals surface area contributed by atoms with E-state index in [0.29, 0.717) is 25.8 Å². The van der Waals surface area contributed by atoms with E-state index in [1.165, 1.54) is 0 Å². The molecule has 0 fully saturated rings. The number of carbonyl (C=O) groups is 3. The molecule has 0 spiro atoms. The maximum absolute atomic E-state index is 12.7. The zero-order chi connectivity index (χ0) is 30.7. The summed E-state index contributed by atoms with van der Waals surface area (Å²) in [6.45, 7) is 6.37. The Hall–Kier alpha value is -4.53. The van der Waals surface area contributed by atoms with Gasteiger partial charge in [-0.2, -0.15) is 0 Å². The second kappa shape index (κ2) is 15.1. The minimum absolute atomic E-state index is 0.0410. The van der Waals surface area contributed by atoms with Gasteiger partial charge in [-0.3, -0.25) is 0 Å². The molecule has 0 saturated carbocycles. The van der Waals surface area contributed by atoms with E-state index in [1.54, 1.807) is 20.8 Å². The van der Waals surface area contributed by atoms with Crippen LogP contribution in [0.2, 0.25) is 0 Å². The summed E-state index contributed by atoms with van der Waals surface area (Å²) in [4.78, 5) is 37.2. The van der Waals surface area contributed by atoms with Gasteiger partial charge < -0.3 is 30.2 Å². The summed E-state index contributed by atoms with van der Waals surface area (Å²) in [5.74, 6) is -0.0410. The molecule has 0 saturated heterocycles. The van der Waals surface area contributed by atoms with Crippen LogP contribution in [0.25, 0.3) is 11.1 Å². The largest absolute Gasteiger partial charge is 0.449 e. The average molecular weight is 588 g/mol. The number of hydrogen-bond acceptors (Lipinski definition) is 6. The Morgan fingerprint density at radius 3 is 2.00 bits per heavy atom. The molecule has 3 N–H and O–H groups in total. The summed E-state index contributed by atoms with van der Waals surface area (Å²) in [5, 5.41) is 8.38. The summed E-state index contributed by atoms with van der Waals surface area (Å²) < 4.78 is 16.3. The third-order valence-corrected chi connectivity index (χ3v) is 7.02. The zero-order valence-corrected chi connectivity index (χ0v) is 25.1. The van der Waals surface area contributed by atoms with Crippen LogP contribution >= 0.6 is 0 Å². The highest BCUT2D eigenvalue weighted by molar-refractivity contribution is 5.79. The van der Waals surface area contributed by atoms with Crippen molar-refractivity contribution in [3.8, 4) is 11.1 Å². The van der Waals surface area contributed by atoms with Crippen LogP contribution in [0, 0.1) is 0 Å². The van der Waals surface area contributed by atoms with Crippen LogP contribution in [0.15, 0.2) is 78.9 Å². The third-order valence-electron chi connectivity index (χ3n) is 7.02. The fourth-order valence-corrected chi connectivity index (χ4v) is 5.04. The first-order valence-corrected chi connectivity index (χ1v) is 14.7. The molecule has 4 rings (SSSR count). The molecule has 9 nitrogen and oxygen atoms in total. The van der Waals surface area contributed by atoms with Crippen molar-refractivity contribution in [1.29, 1.82) is 0 Å². The number of nitrogens with one attached hydrogen (secondary N) is 3. The molecular weight excluding hydrogens is 546 g/mol. The van der Waals surface area contributed by atoms with Crippen molar-refractivity contribution in [3.63, 3.8) is 0 Å². The number of hydrogen-bond donors (Lipinski definition) is 3. The van der Waals surface area contributed by atoms with Gasteiger partial charge in [0.1, 0.15) is 18.8 Å². The quantitative estimate of drug-likeness (QED) is 0.164. The monoisotopic (exact) mass is 587 g/mol. The van der Waals surface area contributed by atoms with E-state index in [-0.39, 0.29) is 31.7 Å². The summed E-state index contributed by atoms with van der Waals surface area (Å²) in [5.41, 5.74) is 4.86. The molecule has 0 aliphatic heterocycles. The van der Waals surface area contributed by atoms with Crippen LogP contribution in [0.3, 0.4) is 0 Å². The first-order valence-electron chi connectivity index (χ1n) is 14.7. The second-order valence-electron chi connectivity index (χ2n) is 11.5. The standard InChI is InChI=1S/C34H41N3O6/c1-34(2,3)43-33(40)37-25(15-11-12-20-35-31(38)41-22-24-13-5-4-6-14-24)21-36-32(39)42-23-30-28-18-9-7-16-26(28)27-17-8-10-19-29(27)30/h4-10,13-14,16-19,25,30H,11-12,15,20-23H2,1-3H3,(H,35,38)(H,36,39)(H,37,40)/t25-/m0/s1. The van der Waals surface area contributed by atoms with Crippen molar-refractivity contribution in [2.45, 2.75) is 64.2 Å². The van der Waals surface area contributed by atoms with Gasteiger partial charge in [0.25, 0.3) is 0 Å². The molecule has 9 heteroatoms. The SMILES string of the molecule is CC(C)(C)OC(=O)N[C@@H](CCCCNC(=O)OCc1ccccc1)CNC(=O)OCC1c2ccccc2-c2ccccc21. The van der Waals surface area contributed by atoms with Crippen LogP contribution < -0.4 is 16.0 Å². The van der Waals surface area contributed by atoms with Gasteiger partial charge in [0.05, 0.1) is 0 Å². The number of fused-ring (bicyclic) bond motifs is 3. The fraction of sp³-hybridized carbons (Fsp3) is 0.382. The van der Waals surface area contributed by atoms with Gasteiger partial charge in [-0.05, 0) is 67.9 Å². The Bertz CT molecular complexity index is 1330. The predicted molar refractivity (Wildman–Crippen MR) is 165 cm³/mol. The first kappa shape index (κ1) is 31.4. The van der Waals surface area contributed by atoms with E-state index >= 15 is 0 Å². The molecule has 0 unspecified atom stereocenters. The predicted octanol–water partition coefficient (Wildman–Crippen LogP) is 6.52. The normalized spacial score (nSPS) is 12.8. The zero-order valence-electron chi connectivity index (χ0n) is 25.1. The molecule has 0 heterocycles. The third kappa shape index (κ3) is 9.77. The molecule has 1 aliphatic rings. The molecule has 0 aromatic heterocycles. The molecule has 0 radical (unpaired) electrons. The van der Waals surface area contributed by atoms with Crippen LogP contribution in [0.5, 0.6) is 0 Å². The lowest BCUT2D eigenvalue weighted by Crippen LogP contribution is -2.45. The molecule has 1 atom stereocenters. The molecule has 1 aliphatic carbocycles. The van der Waals surface area contributed by atoms with Crippen LogP contribution in [0.1, 0.15) is 62.6 Å². The van der Waals surface area contributed by atoms with E-state index in [2.05, 4.69) is 40.2 Å². The number of benzene rings is 3. The van der Waals surface area contributed by atoms with E-state index in [1.807, 2.05) is 54.6 Å². The van der Waals surface area contributed by atoms with E-state index in [4.69, 9.17) is 14.2 Å². The van der Waals surface area contributed by atoms with Crippen molar-refractivity contribution in [1.82, 2.24) is 16.0 Å². The van der Waals surface area contributed by atoms with E-state index in [9.17, 15) is 14.4 Å². The number of rotatable bonds is 12. The van der Waals surface area contributed by atoms with Crippen molar-refractivity contribution in [3.05, 3.63) is 95.6 Å². The number of carbonyl (C=O) groups excluding carboxylic acids is 3. The van der Waals surface area contributed by atoms with Gasteiger partial charge in [-0.25, -0.2) is 14.4 Å². The Balaban J connectivity index is 1.22. The molecule has 3 aromatic rings. The summed E-state index contributed by atoms with van der Waals surface area (Å²) >= 11 is 0. The lowest BCUT2D eigenvalue weighted by molar-refractivity contribution is 0.0499. The lowest BCUT2D eigenvalue weighted by atomic mass is 9.98. The Kier molecular flexibility index (Phi) is 11.0. The van der Waals surface area contributed by atoms with Crippen molar-refractivity contribution in [2.75, 3.05) is 19.7 Å². The minimum atomic E-state index is -0.654. The molecular formula is C34H41N3O6. The highest BCUT2D eigenvalue weighted by Crippen LogP contribution is 2.44. The highest BCUT2D eigenvalue weighted by atomic mass is 16.6. The average Bonchev–Trinajstić information content (AvgIpc) is 3.30. The van der Waals surface area contributed by atoms with Crippen molar-refractivity contribution in [2.24, 2.45) is 0 Å². The van der Waals surface area contributed by atoms with Crippen LogP contribution in [0.4, 0.5) is 14.4 Å². The van der Waals surface area contributed by atoms with E-state index in [0.717, 1.165) is 27.8 Å². The van der Waals surface area contributed by atoms with Gasteiger partial charge in [0.15, 0.2) is 0 Å². The molecule has 228 valence electrons. The first-order chi connectivity index (χ1) is 20.7. The van der Waals surface area contributed by atoms with Crippen molar-refractivity contribution < 1.29 is 28.6 Å². The molecule has 43 heavy (non-hydrogen) atoms. The number of amides is 3. The summed E-state index contributed by atoms with van der Waals surface area (Å²) in [6, 6.07) is 25.4. The van der Waals surface area contributed by atoms with E-state index < -0.39 is 23.9 Å². The van der Waals surface area contributed by atoms with Crippen LogP contribution in [-0.2, 0) is 20.8 Å². The maximum Gasteiger partial charge on any atom is 0.407 e. The highest BCUT2D eigenvalue weighted by Gasteiger charge is 2.29. The molecule has 3 aromatic carbocycles. The molecule has 0 bridgehead atoms. The second-order valence-corrected chi connectivity index (χ2v) is 11.5. The Morgan fingerprint density at radius 1 is 0.744 bits per heavy atom. The summed E-state index contributed by atoms with van der Waals surface area (Å²) in [6.07, 6.45) is 0.312. The van der Waals surface area contributed by atoms with Gasteiger partial charge in [0.2, 0.25) is 0 Å². The Labute approximate surface area is 253 Å². The summed E-state index contributed by atoms with van der Waals surface area (Å²) in [7, 11) is 0. The Morgan fingerprint density at radius 2 is 1.35 bits per heavy atom. The van der Waals surface area contributed by atoms with Gasteiger partial charge in [0, 0.05) is 25.0 Å². The van der Waals surface area contributed by atoms with Crippen molar-refractivity contribution >= 4 is 18.3 Å².